The Kier molecular flexibility index (Phi) is 5.67. The monoisotopic (exact) mass is 386 g/mol. The van der Waals surface area contributed by atoms with Gasteiger partial charge in [-0.3, -0.25) is 14.5 Å². The number of amides is 1. The van der Waals surface area contributed by atoms with E-state index in [4.69, 9.17) is 0 Å². The van der Waals surface area contributed by atoms with Crippen molar-refractivity contribution in [3.8, 4) is 0 Å². The van der Waals surface area contributed by atoms with Crippen LogP contribution >= 0.6 is 0 Å². The average molecular weight is 386 g/mol. The second-order valence-corrected chi connectivity index (χ2v) is 7.63. The largest absolute Gasteiger partial charge is 0.355 e. The van der Waals surface area contributed by atoms with Gasteiger partial charge in [-0.1, -0.05) is 26.0 Å². The molecule has 0 aliphatic carbocycles. The van der Waals surface area contributed by atoms with Gasteiger partial charge in [0.15, 0.2) is 5.96 Å². The SMILES string of the molecule is CN=C(NCC(C)(C)c1ccc(F)cc1)N1CCN(c2cnn(C)c2)C(=O)C1. The predicted molar refractivity (Wildman–Crippen MR) is 108 cm³/mol. The van der Waals surface area contributed by atoms with E-state index in [-0.39, 0.29) is 23.7 Å². The molecule has 0 unspecified atom stereocenters. The van der Waals surface area contributed by atoms with Gasteiger partial charge in [-0.2, -0.15) is 5.10 Å². The standard InChI is InChI=1S/C20H27FN6O/c1-20(2,15-5-7-16(21)8-6-15)14-23-19(22-3)26-9-10-27(18(28)13-26)17-11-24-25(4)12-17/h5-8,11-12H,9-10,13-14H2,1-4H3,(H,22,23). The van der Waals surface area contributed by atoms with E-state index in [1.165, 1.54) is 12.1 Å². The van der Waals surface area contributed by atoms with Gasteiger partial charge in [0.05, 0.1) is 11.9 Å². The number of guanidine groups is 1. The van der Waals surface area contributed by atoms with E-state index in [1.54, 1.807) is 35.0 Å². The minimum absolute atomic E-state index is 0.0139. The first-order valence-corrected chi connectivity index (χ1v) is 9.31. The lowest BCUT2D eigenvalue weighted by Gasteiger charge is -2.36. The number of halogens is 1. The molecule has 150 valence electrons. The summed E-state index contributed by atoms with van der Waals surface area (Å²) < 4.78 is 14.9. The zero-order chi connectivity index (χ0) is 20.3. The maximum atomic E-state index is 13.2. The van der Waals surface area contributed by atoms with E-state index in [9.17, 15) is 9.18 Å². The fourth-order valence-corrected chi connectivity index (χ4v) is 3.31. The van der Waals surface area contributed by atoms with Crippen LogP contribution in [0.1, 0.15) is 19.4 Å². The average Bonchev–Trinajstić information content (AvgIpc) is 3.08. The zero-order valence-electron chi connectivity index (χ0n) is 16.8. The molecule has 1 aromatic heterocycles. The maximum absolute atomic E-state index is 13.2. The normalized spacial score (nSPS) is 15.9. The van der Waals surface area contributed by atoms with E-state index in [0.717, 1.165) is 11.3 Å². The lowest BCUT2D eigenvalue weighted by molar-refractivity contribution is -0.120. The molecule has 28 heavy (non-hydrogen) atoms. The summed E-state index contributed by atoms with van der Waals surface area (Å²) in [4.78, 5) is 20.7. The molecule has 7 nitrogen and oxygen atoms in total. The van der Waals surface area contributed by atoms with Crippen molar-refractivity contribution >= 4 is 17.6 Å². The lowest BCUT2D eigenvalue weighted by atomic mass is 9.84. The van der Waals surface area contributed by atoms with Crippen molar-refractivity contribution in [3.63, 3.8) is 0 Å². The Balaban J connectivity index is 1.61. The first-order chi connectivity index (χ1) is 13.3. The van der Waals surface area contributed by atoms with Crippen molar-refractivity contribution < 1.29 is 9.18 Å². The van der Waals surface area contributed by atoms with Crippen molar-refractivity contribution in [3.05, 3.63) is 48.0 Å². The van der Waals surface area contributed by atoms with E-state index in [2.05, 4.69) is 29.3 Å². The fourth-order valence-electron chi connectivity index (χ4n) is 3.31. The van der Waals surface area contributed by atoms with E-state index in [0.29, 0.717) is 25.6 Å². The van der Waals surface area contributed by atoms with Crippen LogP contribution in [-0.2, 0) is 17.3 Å². The van der Waals surface area contributed by atoms with Gasteiger partial charge in [-0.15, -0.1) is 0 Å². The highest BCUT2D eigenvalue weighted by Crippen LogP contribution is 2.23. The molecule has 3 rings (SSSR count). The molecule has 1 aliphatic heterocycles. The lowest BCUT2D eigenvalue weighted by Crippen LogP contribution is -2.56. The fraction of sp³-hybridized carbons (Fsp3) is 0.450. The van der Waals surface area contributed by atoms with Crippen LogP contribution in [0.15, 0.2) is 41.7 Å². The minimum Gasteiger partial charge on any atom is -0.355 e. The molecule has 2 aromatic rings. The number of rotatable bonds is 4. The third-order valence-electron chi connectivity index (χ3n) is 5.05. The predicted octanol–water partition coefficient (Wildman–Crippen LogP) is 1.76. The van der Waals surface area contributed by atoms with Gasteiger partial charge in [0, 0.05) is 45.3 Å². The highest BCUT2D eigenvalue weighted by atomic mass is 19.1. The highest BCUT2D eigenvalue weighted by molar-refractivity contribution is 5.98. The molecule has 0 radical (unpaired) electrons. The van der Waals surface area contributed by atoms with Crippen molar-refractivity contribution in [2.24, 2.45) is 12.0 Å². The van der Waals surface area contributed by atoms with Crippen LogP contribution in [0.25, 0.3) is 0 Å². The van der Waals surface area contributed by atoms with E-state index < -0.39 is 0 Å². The number of nitrogens with one attached hydrogen (secondary N) is 1. The summed E-state index contributed by atoms with van der Waals surface area (Å²) >= 11 is 0. The third kappa shape index (κ3) is 4.32. The number of aromatic nitrogens is 2. The molecule has 0 bridgehead atoms. The number of carbonyl (C=O) groups is 1. The molecule has 0 atom stereocenters. The Bertz CT molecular complexity index is 858. The van der Waals surface area contributed by atoms with Gasteiger partial charge >= 0.3 is 0 Å². The van der Waals surface area contributed by atoms with Crippen LogP contribution in [0.2, 0.25) is 0 Å². The molecule has 1 saturated heterocycles. The van der Waals surface area contributed by atoms with Crippen molar-refractivity contribution in [1.29, 1.82) is 0 Å². The molecule has 1 N–H and O–H groups in total. The number of hydrogen-bond donors (Lipinski definition) is 1. The third-order valence-corrected chi connectivity index (χ3v) is 5.05. The van der Waals surface area contributed by atoms with Crippen molar-refractivity contribution in [1.82, 2.24) is 20.0 Å². The van der Waals surface area contributed by atoms with Gasteiger partial charge in [0.25, 0.3) is 0 Å². The van der Waals surface area contributed by atoms with Crippen molar-refractivity contribution in [2.45, 2.75) is 19.3 Å². The Morgan fingerprint density at radius 1 is 1.29 bits per heavy atom. The molecule has 1 aliphatic rings. The molecule has 8 heteroatoms. The summed E-state index contributed by atoms with van der Waals surface area (Å²) in [5.74, 6) is 0.461. The van der Waals surface area contributed by atoms with Gasteiger partial charge in [0.1, 0.15) is 12.4 Å². The Hall–Kier alpha value is -2.90. The minimum atomic E-state index is -0.242. The van der Waals surface area contributed by atoms with Gasteiger partial charge in [-0.25, -0.2) is 4.39 Å². The molecule has 1 fully saturated rings. The Labute approximate surface area is 164 Å². The molecular formula is C20H27FN6O. The molecule has 1 amide bonds. The first-order valence-electron chi connectivity index (χ1n) is 9.31. The van der Waals surface area contributed by atoms with Crippen LogP contribution in [-0.4, -0.2) is 59.8 Å². The number of aliphatic imine (C=N–C) groups is 1. The number of hydrogen-bond acceptors (Lipinski definition) is 3. The first kappa shape index (κ1) is 19.9. The second-order valence-electron chi connectivity index (χ2n) is 7.63. The molecular weight excluding hydrogens is 359 g/mol. The number of nitrogens with zero attached hydrogens (tertiary/aromatic N) is 5. The number of aryl methyl sites for hydroxylation is 1. The molecule has 0 spiro atoms. The van der Waals surface area contributed by atoms with Crippen LogP contribution in [0, 0.1) is 5.82 Å². The van der Waals surface area contributed by atoms with E-state index in [1.807, 2.05) is 18.1 Å². The van der Waals surface area contributed by atoms with Gasteiger partial charge < -0.3 is 15.1 Å². The highest BCUT2D eigenvalue weighted by Gasteiger charge is 2.29. The quantitative estimate of drug-likeness (QED) is 0.642. The van der Waals surface area contributed by atoms with Crippen molar-refractivity contribution in [2.75, 3.05) is 38.1 Å². The molecule has 0 saturated carbocycles. The zero-order valence-corrected chi connectivity index (χ0v) is 16.8. The van der Waals surface area contributed by atoms with Crippen LogP contribution in [0.4, 0.5) is 10.1 Å². The summed E-state index contributed by atoms with van der Waals surface area (Å²) in [6.45, 7) is 6.30. The number of benzene rings is 1. The number of anilines is 1. The summed E-state index contributed by atoms with van der Waals surface area (Å²) in [7, 11) is 3.55. The molecule has 1 aromatic carbocycles. The summed E-state index contributed by atoms with van der Waals surface area (Å²) in [5.41, 5.74) is 1.63. The van der Waals surface area contributed by atoms with Crippen LogP contribution in [0.5, 0.6) is 0 Å². The molecule has 2 heterocycles. The number of carbonyl (C=O) groups excluding carboxylic acids is 1. The van der Waals surface area contributed by atoms with Gasteiger partial charge in [0.2, 0.25) is 5.91 Å². The summed E-state index contributed by atoms with van der Waals surface area (Å²) in [5, 5.41) is 7.50. The Morgan fingerprint density at radius 2 is 2.00 bits per heavy atom. The Morgan fingerprint density at radius 3 is 2.57 bits per heavy atom. The topological polar surface area (TPSA) is 65.8 Å². The second kappa shape index (κ2) is 8.00. The van der Waals surface area contributed by atoms with Crippen LogP contribution < -0.4 is 10.2 Å². The van der Waals surface area contributed by atoms with E-state index >= 15 is 0 Å². The summed E-state index contributed by atoms with van der Waals surface area (Å²) in [6, 6.07) is 6.55. The van der Waals surface area contributed by atoms with Crippen LogP contribution in [0.3, 0.4) is 0 Å². The smallest absolute Gasteiger partial charge is 0.246 e. The number of piperazine rings is 1. The summed E-state index contributed by atoms with van der Waals surface area (Å²) in [6.07, 6.45) is 3.54. The maximum Gasteiger partial charge on any atom is 0.246 e. The van der Waals surface area contributed by atoms with Gasteiger partial charge in [-0.05, 0) is 17.7 Å².